The van der Waals surface area contributed by atoms with Crippen LogP contribution in [0.5, 0.6) is 0 Å². The molecule has 0 bridgehead atoms. The summed E-state index contributed by atoms with van der Waals surface area (Å²) in [5.74, 6) is 0.513. The van der Waals surface area contributed by atoms with Crippen LogP contribution in [0.3, 0.4) is 0 Å². The number of aromatic nitrogens is 2. The largest absolute Gasteiger partial charge is 0.381 e. The number of amides is 1. The zero-order valence-corrected chi connectivity index (χ0v) is 14.1. The fraction of sp³-hybridized carbons (Fsp3) is 0.733. The number of carbonyl (C=O) groups is 1. The summed E-state index contributed by atoms with van der Waals surface area (Å²) in [5, 5.41) is 7.18. The Labute approximate surface area is 136 Å². The Morgan fingerprint density at radius 1 is 1.48 bits per heavy atom. The molecule has 3 heterocycles. The minimum Gasteiger partial charge on any atom is -0.381 e. The molecular weight excluding hydrogens is 318 g/mol. The normalized spacial score (nSPS) is 27.0. The van der Waals surface area contributed by atoms with E-state index in [-0.39, 0.29) is 23.5 Å². The van der Waals surface area contributed by atoms with E-state index in [2.05, 4.69) is 10.4 Å². The van der Waals surface area contributed by atoms with E-state index in [0.717, 1.165) is 25.1 Å². The van der Waals surface area contributed by atoms with Crippen molar-refractivity contribution in [3.8, 4) is 0 Å². The molecule has 2 aliphatic heterocycles. The van der Waals surface area contributed by atoms with Crippen molar-refractivity contribution >= 4 is 15.7 Å². The summed E-state index contributed by atoms with van der Waals surface area (Å²) in [6.45, 7) is 3.91. The van der Waals surface area contributed by atoms with Gasteiger partial charge in [0, 0.05) is 18.8 Å². The zero-order valence-electron chi connectivity index (χ0n) is 13.3. The quantitative estimate of drug-likeness (QED) is 0.871. The third kappa shape index (κ3) is 3.74. The predicted molar refractivity (Wildman–Crippen MR) is 85.1 cm³/mol. The number of nitrogens with one attached hydrogen (secondary N) is 1. The van der Waals surface area contributed by atoms with Crippen LogP contribution in [0, 0.1) is 12.8 Å². The van der Waals surface area contributed by atoms with Gasteiger partial charge in [-0.25, -0.2) is 8.42 Å². The highest BCUT2D eigenvalue weighted by Gasteiger charge is 2.31. The maximum absolute atomic E-state index is 12.3. The van der Waals surface area contributed by atoms with Gasteiger partial charge in [0.15, 0.2) is 9.84 Å². The van der Waals surface area contributed by atoms with E-state index in [0.29, 0.717) is 31.1 Å². The van der Waals surface area contributed by atoms with E-state index >= 15 is 0 Å². The van der Waals surface area contributed by atoms with Gasteiger partial charge in [-0.1, -0.05) is 0 Å². The van der Waals surface area contributed by atoms with Crippen molar-refractivity contribution in [1.29, 1.82) is 0 Å². The summed E-state index contributed by atoms with van der Waals surface area (Å²) in [7, 11) is -2.97. The van der Waals surface area contributed by atoms with Gasteiger partial charge in [0.25, 0.3) is 5.91 Å². The third-order valence-corrected chi connectivity index (χ3v) is 6.40. The van der Waals surface area contributed by atoms with Crippen LogP contribution in [-0.2, 0) is 14.6 Å². The van der Waals surface area contributed by atoms with Crippen molar-refractivity contribution in [2.75, 3.05) is 31.3 Å². The molecule has 0 unspecified atom stereocenters. The average molecular weight is 341 g/mol. The molecule has 3 rings (SSSR count). The van der Waals surface area contributed by atoms with Gasteiger partial charge in [-0.05, 0) is 32.1 Å². The molecule has 23 heavy (non-hydrogen) atoms. The first-order chi connectivity index (χ1) is 11.0. The molecule has 8 heteroatoms. The number of sulfone groups is 1. The molecule has 1 amide bonds. The fourth-order valence-electron chi connectivity index (χ4n) is 3.28. The Morgan fingerprint density at radius 2 is 2.30 bits per heavy atom. The van der Waals surface area contributed by atoms with E-state index in [9.17, 15) is 13.2 Å². The highest BCUT2D eigenvalue weighted by Crippen LogP contribution is 2.25. The first-order valence-electron chi connectivity index (χ1n) is 8.07. The third-order valence-electron chi connectivity index (χ3n) is 4.65. The van der Waals surface area contributed by atoms with Crippen molar-refractivity contribution in [2.45, 2.75) is 32.2 Å². The monoisotopic (exact) mass is 341 g/mol. The molecule has 0 saturated carbocycles. The smallest absolute Gasteiger partial charge is 0.254 e. The van der Waals surface area contributed by atoms with Crippen molar-refractivity contribution in [1.82, 2.24) is 15.1 Å². The SMILES string of the molecule is Cc1c(C(=O)NC[C@H]2CCCOC2)cnn1[C@H]1CCS(=O)(=O)C1. The number of rotatable bonds is 4. The van der Waals surface area contributed by atoms with Crippen molar-refractivity contribution in [2.24, 2.45) is 5.92 Å². The van der Waals surface area contributed by atoms with Crippen molar-refractivity contribution in [3.05, 3.63) is 17.5 Å². The molecule has 1 N–H and O–H groups in total. The molecule has 2 atom stereocenters. The second kappa shape index (κ2) is 6.60. The van der Waals surface area contributed by atoms with Crippen LogP contribution in [0.1, 0.15) is 41.4 Å². The van der Waals surface area contributed by atoms with Gasteiger partial charge in [0.1, 0.15) is 0 Å². The van der Waals surface area contributed by atoms with Crippen LogP contribution in [-0.4, -0.2) is 55.4 Å². The molecule has 0 radical (unpaired) electrons. The molecular formula is C15H23N3O4S. The van der Waals surface area contributed by atoms with Gasteiger partial charge in [0.05, 0.1) is 35.9 Å². The second-order valence-electron chi connectivity index (χ2n) is 6.44. The minimum atomic E-state index is -2.97. The minimum absolute atomic E-state index is 0.107. The molecule has 1 aromatic rings. The molecule has 2 fully saturated rings. The maximum atomic E-state index is 12.3. The number of nitrogens with zero attached hydrogens (tertiary/aromatic N) is 2. The summed E-state index contributed by atoms with van der Waals surface area (Å²) in [5.41, 5.74) is 1.25. The molecule has 128 valence electrons. The molecule has 2 saturated heterocycles. The summed E-state index contributed by atoms with van der Waals surface area (Å²) in [4.78, 5) is 12.3. The molecule has 1 aromatic heterocycles. The lowest BCUT2D eigenvalue weighted by Gasteiger charge is -2.22. The van der Waals surface area contributed by atoms with E-state index in [4.69, 9.17) is 4.74 Å². The van der Waals surface area contributed by atoms with Crippen LogP contribution in [0.15, 0.2) is 6.20 Å². The van der Waals surface area contributed by atoms with Gasteiger partial charge in [0.2, 0.25) is 0 Å². The molecule has 0 spiro atoms. The molecule has 7 nitrogen and oxygen atoms in total. The van der Waals surface area contributed by atoms with E-state index in [1.54, 1.807) is 4.68 Å². The van der Waals surface area contributed by atoms with Gasteiger partial charge in [-0.3, -0.25) is 9.48 Å². The zero-order chi connectivity index (χ0) is 16.4. The Balaban J connectivity index is 1.63. The lowest BCUT2D eigenvalue weighted by molar-refractivity contribution is 0.0536. The van der Waals surface area contributed by atoms with Crippen LogP contribution < -0.4 is 5.32 Å². The first kappa shape index (κ1) is 16.4. The Morgan fingerprint density at radius 3 is 2.96 bits per heavy atom. The average Bonchev–Trinajstić information content (AvgIpc) is 3.08. The van der Waals surface area contributed by atoms with Gasteiger partial charge in [-0.2, -0.15) is 5.10 Å². The van der Waals surface area contributed by atoms with Crippen molar-refractivity contribution in [3.63, 3.8) is 0 Å². The second-order valence-corrected chi connectivity index (χ2v) is 8.67. The van der Waals surface area contributed by atoms with Crippen molar-refractivity contribution < 1.29 is 17.9 Å². The number of hydrogen-bond donors (Lipinski definition) is 1. The molecule has 2 aliphatic rings. The van der Waals surface area contributed by atoms with E-state index in [1.165, 1.54) is 6.20 Å². The fourth-order valence-corrected chi connectivity index (χ4v) is 4.98. The molecule has 0 aromatic carbocycles. The van der Waals surface area contributed by atoms with E-state index < -0.39 is 9.84 Å². The summed E-state index contributed by atoms with van der Waals surface area (Å²) >= 11 is 0. The number of carbonyl (C=O) groups excluding carboxylic acids is 1. The van der Waals surface area contributed by atoms with Gasteiger partial charge >= 0.3 is 0 Å². The lowest BCUT2D eigenvalue weighted by Crippen LogP contribution is -2.33. The predicted octanol–water partition coefficient (Wildman–Crippen LogP) is 0.708. The lowest BCUT2D eigenvalue weighted by atomic mass is 10.0. The van der Waals surface area contributed by atoms with Crippen LogP contribution in [0.4, 0.5) is 0 Å². The van der Waals surface area contributed by atoms with Crippen LogP contribution in [0.25, 0.3) is 0 Å². The maximum Gasteiger partial charge on any atom is 0.254 e. The first-order valence-corrected chi connectivity index (χ1v) is 9.89. The van der Waals surface area contributed by atoms with Gasteiger partial charge in [-0.15, -0.1) is 0 Å². The number of hydrogen-bond acceptors (Lipinski definition) is 5. The highest BCUT2D eigenvalue weighted by molar-refractivity contribution is 7.91. The summed E-state index contributed by atoms with van der Waals surface area (Å²) < 4.78 is 30.3. The topological polar surface area (TPSA) is 90.3 Å². The Hall–Kier alpha value is -1.41. The van der Waals surface area contributed by atoms with E-state index in [1.807, 2.05) is 6.92 Å². The van der Waals surface area contributed by atoms with Gasteiger partial charge < -0.3 is 10.1 Å². The summed E-state index contributed by atoms with van der Waals surface area (Å²) in [6.07, 6.45) is 4.20. The highest BCUT2D eigenvalue weighted by atomic mass is 32.2. The summed E-state index contributed by atoms with van der Waals surface area (Å²) in [6, 6.07) is -0.159. The van der Waals surface area contributed by atoms with Crippen LogP contribution >= 0.6 is 0 Å². The Kier molecular flexibility index (Phi) is 4.72. The molecule has 0 aliphatic carbocycles. The Bertz CT molecular complexity index is 677. The number of ether oxygens (including phenoxy) is 1. The van der Waals surface area contributed by atoms with Crippen LogP contribution in [0.2, 0.25) is 0 Å². The standard InChI is InChI=1S/C15H23N3O4S/c1-11-14(15(19)16-7-12-3-2-5-22-9-12)8-17-18(11)13-4-6-23(20,21)10-13/h8,12-13H,2-7,9-10H2,1H3,(H,16,19)/t12-,13+/m1/s1.